The van der Waals surface area contributed by atoms with Crippen molar-refractivity contribution in [2.75, 3.05) is 6.61 Å². The van der Waals surface area contributed by atoms with Gasteiger partial charge in [0.2, 0.25) is 0 Å². The number of aldehydes is 1. The van der Waals surface area contributed by atoms with Crippen molar-refractivity contribution in [3.63, 3.8) is 0 Å². The molecule has 0 amide bonds. The number of rotatable bonds is 5. The van der Waals surface area contributed by atoms with Gasteiger partial charge in [0, 0.05) is 5.92 Å². The van der Waals surface area contributed by atoms with Crippen LogP contribution in [-0.2, 0) is 17.8 Å². The molecule has 0 heterocycles. The predicted octanol–water partition coefficient (Wildman–Crippen LogP) is 2.71. The lowest BCUT2D eigenvalue weighted by molar-refractivity contribution is -0.114. The lowest BCUT2D eigenvalue weighted by Crippen LogP contribution is -2.17. The van der Waals surface area contributed by atoms with Gasteiger partial charge in [-0.2, -0.15) is 0 Å². The molecule has 1 N–H and O–H groups in total. The molecule has 3 nitrogen and oxygen atoms in total. The molecule has 112 valence electrons. The van der Waals surface area contributed by atoms with Crippen molar-refractivity contribution in [1.29, 1.82) is 0 Å². The fourth-order valence-electron chi connectivity index (χ4n) is 3.95. The summed E-state index contributed by atoms with van der Waals surface area (Å²) in [6.07, 6.45) is 1.77. The Morgan fingerprint density at radius 3 is 2.73 bits per heavy atom. The topological polar surface area (TPSA) is 46.5 Å². The van der Waals surface area contributed by atoms with Crippen molar-refractivity contribution >= 4 is 6.29 Å². The summed E-state index contributed by atoms with van der Waals surface area (Å²) < 4.78 is 5.99. The first kappa shape index (κ1) is 13.5. The molecule has 4 rings (SSSR count). The van der Waals surface area contributed by atoms with Crippen LogP contribution in [0.5, 0.6) is 5.75 Å². The van der Waals surface area contributed by atoms with Crippen LogP contribution in [0.15, 0.2) is 48.5 Å². The van der Waals surface area contributed by atoms with Crippen LogP contribution < -0.4 is 4.74 Å². The molecule has 0 bridgehead atoms. The van der Waals surface area contributed by atoms with Crippen molar-refractivity contribution in [3.05, 3.63) is 65.2 Å². The van der Waals surface area contributed by atoms with Crippen molar-refractivity contribution in [2.45, 2.75) is 18.9 Å². The lowest BCUT2D eigenvalue weighted by Gasteiger charge is -2.16. The molecule has 2 aromatic carbocycles. The van der Waals surface area contributed by atoms with Gasteiger partial charge < -0.3 is 14.6 Å². The van der Waals surface area contributed by atoms with Gasteiger partial charge in [-0.3, -0.25) is 0 Å². The number of fused-ring (bicyclic) bond motifs is 3. The van der Waals surface area contributed by atoms with E-state index in [1.54, 1.807) is 0 Å². The Hall–Kier alpha value is -2.13. The van der Waals surface area contributed by atoms with Crippen LogP contribution in [0.3, 0.4) is 0 Å². The molecule has 22 heavy (non-hydrogen) atoms. The van der Waals surface area contributed by atoms with Gasteiger partial charge in [0.25, 0.3) is 0 Å². The summed E-state index contributed by atoms with van der Waals surface area (Å²) in [5.74, 6) is 1.32. The summed E-state index contributed by atoms with van der Waals surface area (Å²) in [6, 6.07) is 16.1. The first-order chi connectivity index (χ1) is 10.8. The van der Waals surface area contributed by atoms with E-state index in [1.807, 2.05) is 42.5 Å². The number of aliphatic hydroxyl groups excluding tert-OH is 1. The summed E-state index contributed by atoms with van der Waals surface area (Å²) in [5, 5.41) is 9.55. The second-order valence-electron chi connectivity index (χ2n) is 6.27. The Morgan fingerprint density at radius 2 is 2.00 bits per heavy atom. The van der Waals surface area contributed by atoms with Gasteiger partial charge in [-0.25, -0.2) is 0 Å². The molecule has 1 saturated carbocycles. The van der Waals surface area contributed by atoms with E-state index in [1.165, 1.54) is 11.1 Å². The third kappa shape index (κ3) is 1.82. The minimum Gasteiger partial charge on any atom is -0.489 e. The Labute approximate surface area is 129 Å². The first-order valence-electron chi connectivity index (χ1n) is 7.66. The summed E-state index contributed by atoms with van der Waals surface area (Å²) in [4.78, 5) is 11.3. The summed E-state index contributed by atoms with van der Waals surface area (Å²) >= 11 is 0. The smallest absolute Gasteiger partial charge is 0.129 e. The molecule has 0 aromatic heterocycles. The fraction of sp³-hybridized carbons (Fsp3) is 0.316. The van der Waals surface area contributed by atoms with Gasteiger partial charge in [-0.15, -0.1) is 0 Å². The number of aliphatic hydroxyl groups is 1. The van der Waals surface area contributed by atoms with E-state index in [0.717, 1.165) is 24.0 Å². The normalized spacial score (nSPS) is 27.9. The fourth-order valence-corrected chi connectivity index (χ4v) is 3.95. The quantitative estimate of drug-likeness (QED) is 0.863. The summed E-state index contributed by atoms with van der Waals surface area (Å²) in [7, 11) is 0. The minimum atomic E-state index is -0.537. The van der Waals surface area contributed by atoms with Crippen molar-refractivity contribution < 1.29 is 14.6 Å². The summed E-state index contributed by atoms with van der Waals surface area (Å²) in [6.45, 7) is 0.492. The monoisotopic (exact) mass is 294 g/mol. The van der Waals surface area contributed by atoms with Crippen molar-refractivity contribution in [1.82, 2.24) is 0 Å². The maximum absolute atomic E-state index is 11.3. The van der Waals surface area contributed by atoms with Crippen molar-refractivity contribution in [2.24, 2.45) is 11.3 Å². The zero-order valence-corrected chi connectivity index (χ0v) is 12.2. The molecule has 2 aromatic rings. The maximum atomic E-state index is 11.3. The zero-order valence-electron chi connectivity index (χ0n) is 12.2. The minimum absolute atomic E-state index is 0.0552. The Balaban J connectivity index is 1.57. The number of carbonyl (C=O) groups is 1. The molecular formula is C19H18O3. The number of ether oxygens (including phenoxy) is 1. The highest BCUT2D eigenvalue weighted by atomic mass is 16.5. The Kier molecular flexibility index (Phi) is 3.05. The van der Waals surface area contributed by atoms with Gasteiger partial charge in [-0.1, -0.05) is 42.5 Å². The molecule has 1 fully saturated rings. The Morgan fingerprint density at radius 1 is 1.18 bits per heavy atom. The molecule has 3 atom stereocenters. The van der Waals surface area contributed by atoms with Crippen molar-refractivity contribution in [3.8, 4) is 5.75 Å². The summed E-state index contributed by atoms with van der Waals surface area (Å²) in [5.41, 5.74) is 2.99. The molecular weight excluding hydrogens is 276 g/mol. The van der Waals surface area contributed by atoms with E-state index in [2.05, 4.69) is 6.07 Å². The molecule has 0 radical (unpaired) electrons. The molecule has 3 heteroatoms. The van der Waals surface area contributed by atoms with Gasteiger partial charge in [-0.05, 0) is 35.1 Å². The highest BCUT2D eigenvalue weighted by molar-refractivity contribution is 5.73. The van der Waals surface area contributed by atoms with Crippen LogP contribution in [0.2, 0.25) is 0 Å². The number of benzene rings is 2. The van der Waals surface area contributed by atoms with Gasteiger partial charge in [0.05, 0.1) is 12.0 Å². The third-order valence-electron chi connectivity index (χ3n) is 5.22. The SMILES string of the molecule is O=CC1(CO)C2Cc3c(OCc4ccccc4)cccc3C21. The Bertz CT molecular complexity index is 710. The van der Waals surface area contributed by atoms with Gasteiger partial charge in [0.1, 0.15) is 18.6 Å². The van der Waals surface area contributed by atoms with E-state index in [4.69, 9.17) is 4.74 Å². The van der Waals surface area contributed by atoms with Gasteiger partial charge in [0.15, 0.2) is 0 Å². The number of carbonyl (C=O) groups excluding carboxylic acids is 1. The first-order valence-corrected chi connectivity index (χ1v) is 7.66. The van der Waals surface area contributed by atoms with E-state index >= 15 is 0 Å². The van der Waals surface area contributed by atoms with Crippen LogP contribution >= 0.6 is 0 Å². The largest absolute Gasteiger partial charge is 0.489 e. The second kappa shape index (κ2) is 4.96. The standard InChI is InChI=1S/C19H18O3/c20-11-19(12-21)16-9-15-14(18(16)19)7-4-8-17(15)22-10-13-5-2-1-3-6-13/h1-8,11,16,18,21H,9-10,12H2. The van der Waals surface area contributed by atoms with E-state index in [9.17, 15) is 9.90 Å². The molecule has 0 spiro atoms. The highest BCUT2D eigenvalue weighted by Gasteiger charge is 2.68. The van der Waals surface area contributed by atoms with Crippen LogP contribution in [0.4, 0.5) is 0 Å². The van der Waals surface area contributed by atoms with Crippen LogP contribution in [0, 0.1) is 11.3 Å². The zero-order chi connectivity index (χ0) is 15.2. The van der Waals surface area contributed by atoms with Gasteiger partial charge >= 0.3 is 0 Å². The maximum Gasteiger partial charge on any atom is 0.129 e. The average Bonchev–Trinajstić information content (AvgIpc) is 3.03. The van der Waals surface area contributed by atoms with Crippen LogP contribution in [-0.4, -0.2) is 18.0 Å². The van der Waals surface area contributed by atoms with Crippen LogP contribution in [0.1, 0.15) is 22.6 Å². The number of hydrogen-bond donors (Lipinski definition) is 1. The molecule has 0 aliphatic heterocycles. The number of hydrogen-bond acceptors (Lipinski definition) is 3. The van der Waals surface area contributed by atoms with Crippen LogP contribution in [0.25, 0.3) is 0 Å². The van der Waals surface area contributed by atoms with E-state index in [0.29, 0.717) is 6.61 Å². The lowest BCUT2D eigenvalue weighted by atomic mass is 9.93. The average molecular weight is 294 g/mol. The highest BCUT2D eigenvalue weighted by Crippen LogP contribution is 2.70. The second-order valence-corrected chi connectivity index (χ2v) is 6.27. The molecule has 0 saturated heterocycles. The van der Waals surface area contributed by atoms with E-state index < -0.39 is 5.41 Å². The predicted molar refractivity (Wildman–Crippen MR) is 82.7 cm³/mol. The molecule has 2 aliphatic carbocycles. The molecule has 3 unspecified atom stereocenters. The third-order valence-corrected chi connectivity index (χ3v) is 5.22. The molecule has 2 aliphatic rings. The van der Waals surface area contributed by atoms with E-state index in [-0.39, 0.29) is 18.4 Å².